The van der Waals surface area contributed by atoms with Crippen molar-refractivity contribution in [1.82, 2.24) is 10.7 Å². The van der Waals surface area contributed by atoms with Crippen molar-refractivity contribution in [3.05, 3.63) is 71.8 Å². The minimum Gasteiger partial charge on any atom is -0.496 e. The van der Waals surface area contributed by atoms with Crippen LogP contribution in [0.25, 0.3) is 0 Å². The van der Waals surface area contributed by atoms with Crippen LogP contribution in [0.5, 0.6) is 11.5 Å². The summed E-state index contributed by atoms with van der Waals surface area (Å²) in [5.41, 5.74) is 4.11. The molecule has 0 heterocycles. The molecule has 142 valence electrons. The molecule has 0 amide bonds. The van der Waals surface area contributed by atoms with Crippen LogP contribution >= 0.6 is 12.2 Å². The standard InChI is InChI=1S/C19H19F2N3O2S/c1-3-8-22-19(27)24-23-11-13-4-6-17(25-2)14(9-13)12-26-18-7-5-15(20)10-16(18)21/h3-7,9-11H,1,8,12H2,2H3,(H2,22,24,27)/b23-11+. The zero-order chi connectivity index (χ0) is 19.6. The van der Waals surface area contributed by atoms with Gasteiger partial charge in [0.15, 0.2) is 16.7 Å². The molecule has 0 unspecified atom stereocenters. The first-order valence-corrected chi connectivity index (χ1v) is 8.37. The number of nitrogens with one attached hydrogen (secondary N) is 2. The third-order valence-electron chi connectivity index (χ3n) is 3.37. The van der Waals surface area contributed by atoms with Gasteiger partial charge in [-0.15, -0.1) is 6.58 Å². The fourth-order valence-corrected chi connectivity index (χ4v) is 2.25. The summed E-state index contributed by atoms with van der Waals surface area (Å²) in [6.45, 7) is 4.16. The van der Waals surface area contributed by atoms with Crippen LogP contribution in [0.1, 0.15) is 11.1 Å². The van der Waals surface area contributed by atoms with Gasteiger partial charge < -0.3 is 14.8 Å². The molecule has 0 saturated carbocycles. The maximum Gasteiger partial charge on any atom is 0.187 e. The molecule has 0 aliphatic rings. The van der Waals surface area contributed by atoms with Crippen molar-refractivity contribution in [3.8, 4) is 11.5 Å². The Balaban J connectivity index is 2.05. The molecular weight excluding hydrogens is 372 g/mol. The molecule has 0 aliphatic heterocycles. The second kappa shape index (κ2) is 10.2. The predicted octanol–water partition coefficient (Wildman–Crippen LogP) is 3.54. The van der Waals surface area contributed by atoms with E-state index in [1.54, 1.807) is 30.5 Å². The summed E-state index contributed by atoms with van der Waals surface area (Å²) in [6, 6.07) is 8.47. The van der Waals surface area contributed by atoms with Crippen LogP contribution in [0, 0.1) is 11.6 Å². The van der Waals surface area contributed by atoms with Crippen LogP contribution in [0.4, 0.5) is 8.78 Å². The zero-order valence-electron chi connectivity index (χ0n) is 14.7. The number of benzene rings is 2. The van der Waals surface area contributed by atoms with Crippen molar-refractivity contribution in [1.29, 1.82) is 0 Å². The summed E-state index contributed by atoms with van der Waals surface area (Å²) < 4.78 is 37.4. The van der Waals surface area contributed by atoms with Gasteiger partial charge in [0, 0.05) is 18.2 Å². The molecule has 5 nitrogen and oxygen atoms in total. The van der Waals surface area contributed by atoms with Crippen molar-refractivity contribution in [2.24, 2.45) is 5.10 Å². The lowest BCUT2D eigenvalue weighted by atomic mass is 10.1. The zero-order valence-corrected chi connectivity index (χ0v) is 15.5. The van der Waals surface area contributed by atoms with E-state index in [1.807, 2.05) is 0 Å². The number of halogens is 2. The number of hydrogen-bond donors (Lipinski definition) is 2. The first-order chi connectivity index (χ1) is 13.0. The lowest BCUT2D eigenvalue weighted by molar-refractivity contribution is 0.282. The van der Waals surface area contributed by atoms with Crippen molar-refractivity contribution in [2.45, 2.75) is 6.61 Å². The van der Waals surface area contributed by atoms with Gasteiger partial charge in [0.1, 0.15) is 18.2 Å². The smallest absolute Gasteiger partial charge is 0.187 e. The topological polar surface area (TPSA) is 54.9 Å². The van der Waals surface area contributed by atoms with E-state index in [-0.39, 0.29) is 12.4 Å². The van der Waals surface area contributed by atoms with E-state index >= 15 is 0 Å². The molecule has 2 aromatic rings. The Labute approximate surface area is 161 Å². The van der Waals surface area contributed by atoms with Crippen molar-refractivity contribution in [2.75, 3.05) is 13.7 Å². The van der Waals surface area contributed by atoms with Crippen LogP contribution < -0.4 is 20.2 Å². The third-order valence-corrected chi connectivity index (χ3v) is 3.60. The summed E-state index contributed by atoms with van der Waals surface area (Å²) >= 11 is 5.03. The molecule has 0 saturated heterocycles. The van der Waals surface area contributed by atoms with E-state index < -0.39 is 11.6 Å². The van der Waals surface area contributed by atoms with Crippen molar-refractivity contribution < 1.29 is 18.3 Å². The van der Waals surface area contributed by atoms with E-state index in [9.17, 15) is 8.78 Å². The molecule has 8 heteroatoms. The number of thiocarbonyl (C=S) groups is 1. The predicted molar refractivity (Wildman–Crippen MR) is 105 cm³/mol. The van der Waals surface area contributed by atoms with Crippen LogP contribution in [0.3, 0.4) is 0 Å². The SMILES string of the molecule is C=CCNC(=S)N/N=C/c1ccc(OC)c(COc2ccc(F)cc2F)c1. The van der Waals surface area contributed by atoms with Crippen LogP contribution in [-0.4, -0.2) is 25.0 Å². The molecule has 2 rings (SSSR count). The molecule has 2 N–H and O–H groups in total. The fraction of sp³-hybridized carbons (Fsp3) is 0.158. The Morgan fingerprint density at radius 3 is 2.70 bits per heavy atom. The number of hydrazone groups is 1. The normalized spacial score (nSPS) is 10.5. The molecule has 0 radical (unpaired) electrons. The van der Waals surface area contributed by atoms with Gasteiger partial charge in [-0.2, -0.15) is 5.10 Å². The quantitative estimate of drug-likeness (QED) is 0.312. The highest BCUT2D eigenvalue weighted by Crippen LogP contribution is 2.23. The Kier molecular flexibility index (Phi) is 7.69. The Morgan fingerprint density at radius 2 is 2.00 bits per heavy atom. The van der Waals surface area contributed by atoms with Gasteiger partial charge in [-0.05, 0) is 48.1 Å². The molecule has 27 heavy (non-hydrogen) atoms. The van der Waals surface area contributed by atoms with Gasteiger partial charge in [0.05, 0.1) is 13.3 Å². The van der Waals surface area contributed by atoms with E-state index in [0.29, 0.717) is 23.0 Å². The van der Waals surface area contributed by atoms with E-state index in [2.05, 4.69) is 22.4 Å². The van der Waals surface area contributed by atoms with Gasteiger partial charge in [-0.25, -0.2) is 8.78 Å². The fourth-order valence-electron chi connectivity index (χ4n) is 2.11. The number of methoxy groups -OCH3 is 1. The molecule has 0 spiro atoms. The van der Waals surface area contributed by atoms with Crippen LogP contribution in [0.2, 0.25) is 0 Å². The summed E-state index contributed by atoms with van der Waals surface area (Å²) in [7, 11) is 1.52. The molecule has 0 aliphatic carbocycles. The monoisotopic (exact) mass is 391 g/mol. The molecule has 0 aromatic heterocycles. The average Bonchev–Trinajstić information content (AvgIpc) is 2.66. The summed E-state index contributed by atoms with van der Waals surface area (Å²) in [4.78, 5) is 0. The van der Waals surface area contributed by atoms with Gasteiger partial charge in [0.2, 0.25) is 0 Å². The van der Waals surface area contributed by atoms with Gasteiger partial charge in [-0.1, -0.05) is 6.08 Å². The Bertz CT molecular complexity index is 844. The second-order valence-electron chi connectivity index (χ2n) is 5.30. The van der Waals surface area contributed by atoms with Crippen LogP contribution in [0.15, 0.2) is 54.2 Å². The molecule has 0 fully saturated rings. The highest BCUT2D eigenvalue weighted by Gasteiger charge is 2.09. The second-order valence-corrected chi connectivity index (χ2v) is 5.71. The minimum absolute atomic E-state index is 0.0418. The maximum atomic E-state index is 13.7. The Morgan fingerprint density at radius 1 is 1.22 bits per heavy atom. The summed E-state index contributed by atoms with van der Waals surface area (Å²) in [5, 5.41) is 7.29. The highest BCUT2D eigenvalue weighted by molar-refractivity contribution is 7.80. The van der Waals surface area contributed by atoms with Crippen LogP contribution in [-0.2, 0) is 6.61 Å². The first kappa shape index (κ1) is 20.3. The van der Waals surface area contributed by atoms with E-state index in [4.69, 9.17) is 21.7 Å². The maximum absolute atomic E-state index is 13.7. The van der Waals surface area contributed by atoms with Gasteiger partial charge in [0.25, 0.3) is 0 Å². The molecular formula is C19H19F2N3O2S. The van der Waals surface area contributed by atoms with E-state index in [0.717, 1.165) is 17.7 Å². The number of nitrogens with zero attached hydrogens (tertiary/aromatic N) is 1. The average molecular weight is 391 g/mol. The molecule has 2 aromatic carbocycles. The Hall–Kier alpha value is -3.00. The molecule has 0 bridgehead atoms. The minimum atomic E-state index is -0.767. The van der Waals surface area contributed by atoms with Gasteiger partial charge >= 0.3 is 0 Å². The molecule has 0 atom stereocenters. The van der Waals surface area contributed by atoms with Crippen molar-refractivity contribution in [3.63, 3.8) is 0 Å². The van der Waals surface area contributed by atoms with Gasteiger partial charge in [-0.3, -0.25) is 5.43 Å². The lowest BCUT2D eigenvalue weighted by Crippen LogP contribution is -2.31. The third kappa shape index (κ3) is 6.34. The number of rotatable bonds is 8. The van der Waals surface area contributed by atoms with E-state index in [1.165, 1.54) is 13.2 Å². The first-order valence-electron chi connectivity index (χ1n) is 7.96. The summed E-state index contributed by atoms with van der Waals surface area (Å²) in [5.74, 6) is -0.899. The number of hydrogen-bond acceptors (Lipinski definition) is 4. The summed E-state index contributed by atoms with van der Waals surface area (Å²) in [6.07, 6.45) is 3.25. The van der Waals surface area contributed by atoms with Crippen molar-refractivity contribution >= 4 is 23.5 Å². The highest BCUT2D eigenvalue weighted by atomic mass is 32.1. The number of ether oxygens (including phenoxy) is 2. The largest absolute Gasteiger partial charge is 0.496 e. The lowest BCUT2D eigenvalue weighted by Gasteiger charge is -2.11.